The molecule has 0 saturated carbocycles. The summed E-state index contributed by atoms with van der Waals surface area (Å²) in [4.78, 5) is 3.89. The zero-order valence-electron chi connectivity index (χ0n) is 3.72. The van der Waals surface area contributed by atoms with E-state index in [9.17, 15) is 0 Å². The molecular weight excluding hydrogens is 78.1 g/mol. The molecule has 6 heavy (non-hydrogen) atoms. The highest BCUT2D eigenvalue weighted by atomic mass is 16.5. The van der Waals surface area contributed by atoms with Crippen molar-refractivity contribution in [2.75, 3.05) is 6.61 Å². The maximum Gasteiger partial charge on any atom is 0.169 e. The molecular formula is C4H7NO. The van der Waals surface area contributed by atoms with E-state index in [1.165, 1.54) is 6.40 Å². The van der Waals surface area contributed by atoms with E-state index in [1.807, 2.05) is 6.92 Å². The third-order valence-electron chi connectivity index (χ3n) is 0.727. The number of hydrogen-bond acceptors (Lipinski definition) is 2. The van der Waals surface area contributed by atoms with E-state index in [0.29, 0.717) is 6.04 Å². The van der Waals surface area contributed by atoms with E-state index in [1.54, 1.807) is 0 Å². The van der Waals surface area contributed by atoms with E-state index in [4.69, 9.17) is 4.74 Å². The maximum atomic E-state index is 4.77. The topological polar surface area (TPSA) is 21.6 Å². The Morgan fingerprint density at radius 1 is 2.00 bits per heavy atom. The Hall–Kier alpha value is -0.530. The first-order valence-electron chi connectivity index (χ1n) is 2.03. The van der Waals surface area contributed by atoms with Crippen LogP contribution >= 0.6 is 0 Å². The van der Waals surface area contributed by atoms with Crippen LogP contribution < -0.4 is 0 Å². The van der Waals surface area contributed by atoms with Crippen LogP contribution in [0.5, 0.6) is 0 Å². The molecule has 0 spiro atoms. The Balaban J connectivity index is 2.38. The van der Waals surface area contributed by atoms with Gasteiger partial charge in [-0.3, -0.25) is 4.99 Å². The minimum atomic E-state index is 0.394. The molecule has 0 radical (unpaired) electrons. The number of ether oxygens (including phenoxy) is 1. The second-order valence-electron chi connectivity index (χ2n) is 1.44. The van der Waals surface area contributed by atoms with Gasteiger partial charge in [0.25, 0.3) is 0 Å². The molecule has 0 fully saturated rings. The highest BCUT2D eigenvalue weighted by Gasteiger charge is 2.00. The highest BCUT2D eigenvalue weighted by molar-refractivity contribution is 5.48. The van der Waals surface area contributed by atoms with Gasteiger partial charge in [-0.25, -0.2) is 0 Å². The van der Waals surface area contributed by atoms with Gasteiger partial charge in [0.1, 0.15) is 6.61 Å². The largest absolute Gasteiger partial charge is 0.481 e. The zero-order valence-corrected chi connectivity index (χ0v) is 3.72. The van der Waals surface area contributed by atoms with Crippen LogP contribution in [-0.2, 0) is 4.74 Å². The molecule has 0 aromatic heterocycles. The van der Waals surface area contributed by atoms with Crippen LogP contribution in [0.2, 0.25) is 0 Å². The second-order valence-corrected chi connectivity index (χ2v) is 1.44. The molecule has 0 aliphatic carbocycles. The van der Waals surface area contributed by atoms with Crippen molar-refractivity contribution in [2.45, 2.75) is 13.0 Å². The van der Waals surface area contributed by atoms with E-state index < -0.39 is 0 Å². The Morgan fingerprint density at radius 3 is 3.00 bits per heavy atom. The Morgan fingerprint density at radius 2 is 2.83 bits per heavy atom. The van der Waals surface area contributed by atoms with Crippen LogP contribution in [0.1, 0.15) is 6.92 Å². The number of aliphatic imine (C=N–C) groups is 1. The molecule has 0 N–H and O–H groups in total. The number of hydrogen-bond donors (Lipinski definition) is 0. The van der Waals surface area contributed by atoms with E-state index in [2.05, 4.69) is 4.99 Å². The Kier molecular flexibility index (Phi) is 0.783. The fourth-order valence-electron chi connectivity index (χ4n) is 0.372. The van der Waals surface area contributed by atoms with Crippen molar-refractivity contribution in [3.63, 3.8) is 0 Å². The summed E-state index contributed by atoms with van der Waals surface area (Å²) >= 11 is 0. The maximum absolute atomic E-state index is 4.77. The van der Waals surface area contributed by atoms with Crippen LogP contribution in [-0.4, -0.2) is 19.0 Å². The molecule has 1 aliphatic heterocycles. The molecule has 2 heteroatoms. The molecule has 0 unspecified atom stereocenters. The molecule has 0 saturated heterocycles. The van der Waals surface area contributed by atoms with Gasteiger partial charge >= 0.3 is 0 Å². The monoisotopic (exact) mass is 85.1 g/mol. The van der Waals surface area contributed by atoms with Crippen molar-refractivity contribution < 1.29 is 4.74 Å². The third kappa shape index (κ3) is 0.506. The van der Waals surface area contributed by atoms with Gasteiger partial charge < -0.3 is 4.74 Å². The summed E-state index contributed by atoms with van der Waals surface area (Å²) < 4.78 is 4.77. The summed E-state index contributed by atoms with van der Waals surface area (Å²) in [6.07, 6.45) is 1.50. The summed E-state index contributed by atoms with van der Waals surface area (Å²) in [5.41, 5.74) is 0. The van der Waals surface area contributed by atoms with Crippen molar-refractivity contribution in [1.82, 2.24) is 0 Å². The van der Waals surface area contributed by atoms with Gasteiger partial charge in [-0.1, -0.05) is 0 Å². The molecule has 1 heterocycles. The number of rotatable bonds is 0. The third-order valence-corrected chi connectivity index (χ3v) is 0.727. The summed E-state index contributed by atoms with van der Waals surface area (Å²) in [5.74, 6) is 0. The van der Waals surface area contributed by atoms with Crippen molar-refractivity contribution in [3.05, 3.63) is 0 Å². The van der Waals surface area contributed by atoms with Gasteiger partial charge in [-0.2, -0.15) is 0 Å². The Labute approximate surface area is 36.8 Å². The standard InChI is InChI=1S/C4H7NO/c1-4-2-6-3-5-4/h3-4H,2H2,1H3/t4-/m1/s1. The molecule has 1 atom stereocenters. The SMILES string of the molecule is C[C@@H]1COC=N1. The average molecular weight is 85.1 g/mol. The van der Waals surface area contributed by atoms with Gasteiger partial charge in [0.2, 0.25) is 0 Å². The van der Waals surface area contributed by atoms with E-state index >= 15 is 0 Å². The zero-order chi connectivity index (χ0) is 4.41. The molecule has 2 nitrogen and oxygen atoms in total. The highest BCUT2D eigenvalue weighted by Crippen LogP contribution is 1.94. The molecule has 1 aliphatic rings. The van der Waals surface area contributed by atoms with Crippen LogP contribution in [0, 0.1) is 0 Å². The van der Waals surface area contributed by atoms with Crippen LogP contribution in [0.15, 0.2) is 4.99 Å². The molecule has 34 valence electrons. The fourth-order valence-corrected chi connectivity index (χ4v) is 0.372. The quantitative estimate of drug-likeness (QED) is 0.418. The van der Waals surface area contributed by atoms with Crippen molar-refractivity contribution in [1.29, 1.82) is 0 Å². The smallest absolute Gasteiger partial charge is 0.169 e. The van der Waals surface area contributed by atoms with Gasteiger partial charge in [-0.05, 0) is 6.92 Å². The van der Waals surface area contributed by atoms with Crippen molar-refractivity contribution in [3.8, 4) is 0 Å². The minimum Gasteiger partial charge on any atom is -0.481 e. The summed E-state index contributed by atoms with van der Waals surface area (Å²) in [6.45, 7) is 2.78. The lowest BCUT2D eigenvalue weighted by molar-refractivity contribution is 0.335. The average Bonchev–Trinajstić information content (AvgIpc) is 1.86. The van der Waals surface area contributed by atoms with Gasteiger partial charge in [0, 0.05) is 0 Å². The summed E-state index contributed by atoms with van der Waals surface area (Å²) in [7, 11) is 0. The van der Waals surface area contributed by atoms with Gasteiger partial charge in [0.05, 0.1) is 6.04 Å². The Bertz CT molecular complexity index is 69.9. The van der Waals surface area contributed by atoms with Gasteiger partial charge in [0.15, 0.2) is 6.40 Å². The molecule has 0 aromatic rings. The number of nitrogens with zero attached hydrogens (tertiary/aromatic N) is 1. The first kappa shape index (κ1) is 3.65. The second kappa shape index (κ2) is 1.29. The van der Waals surface area contributed by atoms with Crippen molar-refractivity contribution >= 4 is 6.40 Å². The van der Waals surface area contributed by atoms with E-state index in [0.717, 1.165) is 6.61 Å². The van der Waals surface area contributed by atoms with Crippen molar-refractivity contribution in [2.24, 2.45) is 4.99 Å². The first-order chi connectivity index (χ1) is 2.89. The minimum absolute atomic E-state index is 0.394. The molecule has 0 aromatic carbocycles. The lowest BCUT2D eigenvalue weighted by atomic mass is 10.4. The summed E-state index contributed by atoms with van der Waals surface area (Å²) in [5, 5.41) is 0. The lowest BCUT2D eigenvalue weighted by Gasteiger charge is -1.88. The molecule has 0 amide bonds. The molecule has 1 rings (SSSR count). The predicted octanol–water partition coefficient (Wildman–Crippen LogP) is 0.433. The fraction of sp³-hybridized carbons (Fsp3) is 0.750. The summed E-state index contributed by atoms with van der Waals surface area (Å²) in [6, 6.07) is 0.394. The van der Waals surface area contributed by atoms with Crippen LogP contribution in [0.25, 0.3) is 0 Å². The van der Waals surface area contributed by atoms with Crippen LogP contribution in [0.4, 0.5) is 0 Å². The predicted molar refractivity (Wildman–Crippen MR) is 23.9 cm³/mol. The van der Waals surface area contributed by atoms with E-state index in [-0.39, 0.29) is 0 Å². The lowest BCUT2D eigenvalue weighted by Crippen LogP contribution is -1.97. The van der Waals surface area contributed by atoms with Crippen LogP contribution in [0.3, 0.4) is 0 Å². The normalized spacial score (nSPS) is 30.5. The van der Waals surface area contributed by atoms with Gasteiger partial charge in [-0.15, -0.1) is 0 Å². The first-order valence-corrected chi connectivity index (χ1v) is 2.03. The molecule has 0 bridgehead atoms.